The molecule has 3 nitrogen and oxygen atoms in total. The number of benzene rings is 1. The van der Waals surface area contributed by atoms with Crippen LogP contribution in [0, 0.1) is 11.8 Å². The first-order valence-electron chi connectivity index (χ1n) is 6.29. The van der Waals surface area contributed by atoms with Gasteiger partial charge in [0.15, 0.2) is 0 Å². The van der Waals surface area contributed by atoms with Crippen LogP contribution in [-0.2, 0) is 11.3 Å². The van der Waals surface area contributed by atoms with Gasteiger partial charge in [-0.05, 0) is 35.6 Å². The molecule has 1 atom stereocenters. The van der Waals surface area contributed by atoms with E-state index in [-0.39, 0.29) is 5.91 Å². The van der Waals surface area contributed by atoms with Crippen LogP contribution in [0.1, 0.15) is 25.8 Å². The van der Waals surface area contributed by atoms with E-state index in [1.54, 1.807) is 12.1 Å². The molecule has 0 saturated carbocycles. The summed E-state index contributed by atoms with van der Waals surface area (Å²) in [5.74, 6) is 1.21. The van der Waals surface area contributed by atoms with Crippen LogP contribution in [-0.4, -0.2) is 17.4 Å². The standard InChI is InChI=1S/C14H19ClN2O/c1-9(2)10-6-14(18)17(7-10)8-11-5-12(16)3-4-13(11)15/h3-5,9-10H,6-8,16H2,1-2H3. The van der Waals surface area contributed by atoms with E-state index >= 15 is 0 Å². The molecule has 1 unspecified atom stereocenters. The number of nitrogens with two attached hydrogens (primary N) is 1. The van der Waals surface area contributed by atoms with Crippen LogP contribution in [0.2, 0.25) is 5.02 Å². The van der Waals surface area contributed by atoms with Gasteiger partial charge in [-0.3, -0.25) is 4.79 Å². The molecule has 0 bridgehead atoms. The van der Waals surface area contributed by atoms with Crippen LogP contribution in [0.3, 0.4) is 0 Å². The zero-order valence-electron chi connectivity index (χ0n) is 10.8. The minimum absolute atomic E-state index is 0.215. The summed E-state index contributed by atoms with van der Waals surface area (Å²) in [6, 6.07) is 5.40. The minimum atomic E-state index is 0.215. The maximum Gasteiger partial charge on any atom is 0.223 e. The highest BCUT2D eigenvalue weighted by Crippen LogP contribution is 2.28. The number of likely N-dealkylation sites (tertiary alicyclic amines) is 1. The van der Waals surface area contributed by atoms with Crippen molar-refractivity contribution in [3.63, 3.8) is 0 Å². The fourth-order valence-electron chi connectivity index (χ4n) is 2.32. The van der Waals surface area contributed by atoms with Gasteiger partial charge >= 0.3 is 0 Å². The number of carbonyl (C=O) groups excluding carboxylic acids is 1. The Morgan fingerprint density at radius 3 is 2.83 bits per heavy atom. The van der Waals surface area contributed by atoms with Crippen molar-refractivity contribution in [2.24, 2.45) is 11.8 Å². The molecular formula is C14H19ClN2O. The summed E-state index contributed by atoms with van der Waals surface area (Å²) >= 11 is 6.13. The van der Waals surface area contributed by atoms with Crippen LogP contribution in [0.5, 0.6) is 0 Å². The Morgan fingerprint density at radius 2 is 2.22 bits per heavy atom. The van der Waals surface area contributed by atoms with Crippen LogP contribution in [0.15, 0.2) is 18.2 Å². The molecule has 1 aromatic carbocycles. The topological polar surface area (TPSA) is 46.3 Å². The molecule has 1 fully saturated rings. The van der Waals surface area contributed by atoms with Crippen molar-refractivity contribution in [2.45, 2.75) is 26.8 Å². The monoisotopic (exact) mass is 266 g/mol. The number of anilines is 1. The first-order valence-corrected chi connectivity index (χ1v) is 6.67. The van der Waals surface area contributed by atoms with Crippen molar-refractivity contribution in [3.8, 4) is 0 Å². The second-order valence-electron chi connectivity index (χ2n) is 5.33. The Kier molecular flexibility index (Phi) is 3.81. The van der Waals surface area contributed by atoms with Crippen molar-refractivity contribution >= 4 is 23.2 Å². The predicted molar refractivity (Wildman–Crippen MR) is 74.2 cm³/mol. The Labute approximate surface area is 113 Å². The fraction of sp³-hybridized carbons (Fsp3) is 0.500. The number of carbonyl (C=O) groups is 1. The molecule has 1 amide bonds. The van der Waals surface area contributed by atoms with Crippen molar-refractivity contribution in [1.82, 2.24) is 4.90 Å². The van der Waals surface area contributed by atoms with Crippen molar-refractivity contribution in [1.29, 1.82) is 0 Å². The van der Waals surface area contributed by atoms with Crippen LogP contribution in [0.4, 0.5) is 5.69 Å². The fourth-order valence-corrected chi connectivity index (χ4v) is 2.50. The first-order chi connectivity index (χ1) is 8.47. The molecule has 0 spiro atoms. The number of rotatable bonds is 3. The average Bonchev–Trinajstić information content (AvgIpc) is 2.66. The zero-order chi connectivity index (χ0) is 13.3. The van der Waals surface area contributed by atoms with E-state index in [0.717, 1.165) is 12.1 Å². The number of halogens is 1. The number of hydrogen-bond donors (Lipinski definition) is 1. The average molecular weight is 267 g/mol. The molecule has 1 aromatic rings. The molecule has 1 heterocycles. The molecule has 0 radical (unpaired) electrons. The largest absolute Gasteiger partial charge is 0.399 e. The number of amides is 1. The normalized spacial score (nSPS) is 19.9. The molecule has 2 N–H and O–H groups in total. The lowest BCUT2D eigenvalue weighted by Crippen LogP contribution is -2.25. The lowest BCUT2D eigenvalue weighted by molar-refractivity contribution is -0.128. The van der Waals surface area contributed by atoms with Gasteiger partial charge in [-0.1, -0.05) is 25.4 Å². The van der Waals surface area contributed by atoms with Gasteiger partial charge in [0.25, 0.3) is 0 Å². The molecule has 18 heavy (non-hydrogen) atoms. The number of nitrogen functional groups attached to an aromatic ring is 1. The third-order valence-corrected chi connectivity index (χ3v) is 3.99. The third kappa shape index (κ3) is 2.78. The second-order valence-corrected chi connectivity index (χ2v) is 5.74. The molecule has 0 aliphatic carbocycles. The highest BCUT2D eigenvalue weighted by Gasteiger charge is 2.31. The molecule has 1 saturated heterocycles. The smallest absolute Gasteiger partial charge is 0.223 e. The van der Waals surface area contributed by atoms with E-state index in [4.69, 9.17) is 17.3 Å². The number of hydrogen-bond acceptors (Lipinski definition) is 2. The minimum Gasteiger partial charge on any atom is -0.399 e. The molecule has 1 aliphatic heterocycles. The van der Waals surface area contributed by atoms with Gasteiger partial charge in [0, 0.05) is 30.2 Å². The number of nitrogens with zero attached hydrogens (tertiary/aromatic N) is 1. The molecule has 2 rings (SSSR count). The molecule has 98 valence electrons. The van der Waals surface area contributed by atoms with E-state index in [1.165, 1.54) is 0 Å². The van der Waals surface area contributed by atoms with Gasteiger partial charge in [-0.15, -0.1) is 0 Å². The molecule has 1 aliphatic rings. The molecule has 0 aromatic heterocycles. The lowest BCUT2D eigenvalue weighted by Gasteiger charge is -2.19. The van der Waals surface area contributed by atoms with Gasteiger partial charge in [0.1, 0.15) is 0 Å². The first kappa shape index (κ1) is 13.2. The molecular weight excluding hydrogens is 248 g/mol. The second kappa shape index (κ2) is 5.19. The summed E-state index contributed by atoms with van der Waals surface area (Å²) in [6.07, 6.45) is 0.650. The summed E-state index contributed by atoms with van der Waals surface area (Å²) in [4.78, 5) is 13.8. The van der Waals surface area contributed by atoms with Crippen molar-refractivity contribution in [2.75, 3.05) is 12.3 Å². The Balaban J connectivity index is 2.10. The summed E-state index contributed by atoms with van der Waals surface area (Å²) < 4.78 is 0. The third-order valence-electron chi connectivity index (χ3n) is 3.62. The summed E-state index contributed by atoms with van der Waals surface area (Å²) in [6.45, 7) is 5.71. The maximum atomic E-state index is 11.9. The Hall–Kier alpha value is -1.22. The highest BCUT2D eigenvalue weighted by molar-refractivity contribution is 6.31. The van der Waals surface area contributed by atoms with E-state index < -0.39 is 0 Å². The van der Waals surface area contributed by atoms with Gasteiger partial charge in [-0.25, -0.2) is 0 Å². The highest BCUT2D eigenvalue weighted by atomic mass is 35.5. The SMILES string of the molecule is CC(C)C1CC(=O)N(Cc2cc(N)ccc2Cl)C1. The quantitative estimate of drug-likeness (QED) is 0.855. The maximum absolute atomic E-state index is 11.9. The van der Waals surface area contributed by atoms with E-state index in [0.29, 0.717) is 35.5 Å². The van der Waals surface area contributed by atoms with Crippen molar-refractivity contribution < 1.29 is 4.79 Å². The molecule has 4 heteroatoms. The van der Waals surface area contributed by atoms with E-state index in [2.05, 4.69) is 13.8 Å². The summed E-state index contributed by atoms with van der Waals surface area (Å²) in [5, 5.41) is 0.671. The predicted octanol–water partition coefficient (Wildman–Crippen LogP) is 2.93. The van der Waals surface area contributed by atoms with Crippen molar-refractivity contribution in [3.05, 3.63) is 28.8 Å². The van der Waals surface area contributed by atoms with Crippen LogP contribution < -0.4 is 5.73 Å². The van der Waals surface area contributed by atoms with Gasteiger partial charge < -0.3 is 10.6 Å². The van der Waals surface area contributed by atoms with Gasteiger partial charge in [0.2, 0.25) is 5.91 Å². The Bertz CT molecular complexity index is 459. The van der Waals surface area contributed by atoms with Crippen LogP contribution in [0.25, 0.3) is 0 Å². The summed E-state index contributed by atoms with van der Waals surface area (Å²) in [7, 11) is 0. The Morgan fingerprint density at radius 1 is 1.50 bits per heavy atom. The van der Waals surface area contributed by atoms with Gasteiger partial charge in [-0.2, -0.15) is 0 Å². The van der Waals surface area contributed by atoms with E-state index in [1.807, 2.05) is 11.0 Å². The zero-order valence-corrected chi connectivity index (χ0v) is 11.6. The van der Waals surface area contributed by atoms with Crippen LogP contribution >= 0.6 is 11.6 Å². The summed E-state index contributed by atoms with van der Waals surface area (Å²) in [5.41, 5.74) is 7.36. The van der Waals surface area contributed by atoms with Gasteiger partial charge in [0.05, 0.1) is 0 Å². The van der Waals surface area contributed by atoms with E-state index in [9.17, 15) is 4.79 Å². The lowest BCUT2D eigenvalue weighted by atomic mass is 9.95.